The lowest BCUT2D eigenvalue weighted by Gasteiger charge is -2.15. The highest BCUT2D eigenvalue weighted by Crippen LogP contribution is 2.30. The van der Waals surface area contributed by atoms with Crippen LogP contribution in [0, 0.1) is 59.2 Å². The summed E-state index contributed by atoms with van der Waals surface area (Å²) < 4.78 is 0. The van der Waals surface area contributed by atoms with Gasteiger partial charge in [-0.05, 0) is 96.0 Å². The van der Waals surface area contributed by atoms with Crippen molar-refractivity contribution in [3.8, 4) is 46.5 Å². The van der Waals surface area contributed by atoms with Crippen LogP contribution in [0.1, 0.15) is 108 Å². The van der Waals surface area contributed by atoms with E-state index in [-0.39, 0.29) is 28.4 Å². The van der Waals surface area contributed by atoms with Crippen LogP contribution in [0.25, 0.3) is 22.3 Å². The molecule has 0 radical (unpaired) electrons. The van der Waals surface area contributed by atoms with Crippen LogP contribution in [0.4, 0.5) is 11.4 Å². The monoisotopic (exact) mass is 840 g/mol. The fourth-order valence-corrected chi connectivity index (χ4v) is 6.13. The minimum absolute atomic E-state index is 0.130. The molecule has 62 heavy (non-hydrogen) atoms. The van der Waals surface area contributed by atoms with Crippen molar-refractivity contribution in [1.29, 1.82) is 21.0 Å². The van der Waals surface area contributed by atoms with Gasteiger partial charge < -0.3 is 10.6 Å². The standard InChI is InChI=1S/C25H24N6O.C22H17ClN6O/c1-15(2)23-18(11-26)8-19(12-30-23)21-10-20(13-29-16(21)3)31-24(32)17-6-7-28-22(9-17)25(4,5)14-27;1-13-18(16-6-15(9-24)20(23)28-10-16)8-17(11-27-13)29-21(30)14-4-5-26-19(7-14)22(2,3)12-25/h6-10,12-13,15H,1-5H3,(H,31,32);4-8,10-11H,1-3H3,(H,29,30). The largest absolute Gasteiger partial charge is 0.321 e. The van der Waals surface area contributed by atoms with Crippen molar-refractivity contribution < 1.29 is 9.59 Å². The lowest BCUT2D eigenvalue weighted by molar-refractivity contribution is 0.101. The molecule has 15 heteroatoms. The highest BCUT2D eigenvalue weighted by atomic mass is 35.5. The van der Waals surface area contributed by atoms with Gasteiger partial charge in [-0.3, -0.25) is 34.5 Å². The number of anilines is 2. The number of rotatable bonds is 9. The van der Waals surface area contributed by atoms with E-state index in [0.29, 0.717) is 50.7 Å². The highest BCUT2D eigenvalue weighted by Gasteiger charge is 2.24. The molecule has 0 aliphatic carbocycles. The topological polar surface area (TPSA) is 231 Å². The van der Waals surface area contributed by atoms with Gasteiger partial charge in [0.2, 0.25) is 0 Å². The number of nitrogens with zero attached hydrogens (tertiary/aromatic N) is 10. The lowest BCUT2D eigenvalue weighted by atomic mass is 9.90. The van der Waals surface area contributed by atoms with Crippen molar-refractivity contribution in [3.63, 3.8) is 0 Å². The Morgan fingerprint density at radius 1 is 0.613 bits per heavy atom. The molecule has 0 atom stereocenters. The molecular weight excluding hydrogens is 800 g/mol. The number of amides is 2. The van der Waals surface area contributed by atoms with Crippen LogP contribution in [-0.2, 0) is 10.8 Å². The highest BCUT2D eigenvalue weighted by molar-refractivity contribution is 6.30. The van der Waals surface area contributed by atoms with E-state index in [4.69, 9.17) is 11.6 Å². The third-order valence-corrected chi connectivity index (χ3v) is 10.0. The van der Waals surface area contributed by atoms with Crippen LogP contribution in [0.2, 0.25) is 5.15 Å². The van der Waals surface area contributed by atoms with E-state index in [1.165, 1.54) is 12.4 Å². The predicted octanol–water partition coefficient (Wildman–Crippen LogP) is 9.32. The zero-order chi connectivity index (χ0) is 45.4. The number of hydrogen-bond acceptors (Lipinski definition) is 12. The molecule has 14 nitrogen and oxygen atoms in total. The maximum Gasteiger partial charge on any atom is 0.255 e. The van der Waals surface area contributed by atoms with Crippen LogP contribution in [-0.4, -0.2) is 41.7 Å². The van der Waals surface area contributed by atoms with Crippen LogP contribution < -0.4 is 10.6 Å². The van der Waals surface area contributed by atoms with Crippen molar-refractivity contribution in [2.45, 2.75) is 72.1 Å². The van der Waals surface area contributed by atoms with Crippen molar-refractivity contribution in [1.82, 2.24) is 29.9 Å². The minimum Gasteiger partial charge on any atom is -0.321 e. The minimum atomic E-state index is -0.811. The normalized spacial score (nSPS) is 10.9. The summed E-state index contributed by atoms with van der Waals surface area (Å²) in [6, 6.07) is 22.0. The second-order valence-corrected chi connectivity index (χ2v) is 15.9. The molecule has 0 spiro atoms. The first-order chi connectivity index (χ1) is 29.4. The average Bonchev–Trinajstić information content (AvgIpc) is 3.27. The van der Waals surface area contributed by atoms with E-state index in [0.717, 1.165) is 28.1 Å². The Morgan fingerprint density at radius 3 is 1.47 bits per heavy atom. The number of pyridine rings is 6. The van der Waals surface area contributed by atoms with E-state index in [9.17, 15) is 30.6 Å². The number of nitriles is 4. The number of hydrogen-bond donors (Lipinski definition) is 2. The summed E-state index contributed by atoms with van der Waals surface area (Å²) in [5.41, 5.74) is 7.11. The number of aryl methyl sites for hydroxylation is 2. The molecule has 6 aromatic heterocycles. The molecule has 0 aliphatic heterocycles. The fraction of sp³-hybridized carbons (Fsp3) is 0.234. The van der Waals surface area contributed by atoms with E-state index >= 15 is 0 Å². The smallest absolute Gasteiger partial charge is 0.255 e. The predicted molar refractivity (Wildman–Crippen MR) is 235 cm³/mol. The van der Waals surface area contributed by atoms with Gasteiger partial charge in [0, 0.05) is 69.6 Å². The van der Waals surface area contributed by atoms with Crippen molar-refractivity contribution in [2.24, 2.45) is 0 Å². The average molecular weight is 841 g/mol. The zero-order valence-corrected chi connectivity index (χ0v) is 36.1. The second kappa shape index (κ2) is 19.0. The molecule has 0 saturated heterocycles. The summed E-state index contributed by atoms with van der Waals surface area (Å²) in [4.78, 5) is 51.2. The van der Waals surface area contributed by atoms with Gasteiger partial charge in [-0.15, -0.1) is 0 Å². The Kier molecular flexibility index (Phi) is 13.8. The summed E-state index contributed by atoms with van der Waals surface area (Å²) in [5.74, 6) is -0.541. The van der Waals surface area contributed by atoms with Crippen LogP contribution in [0.5, 0.6) is 0 Å². The lowest BCUT2D eigenvalue weighted by Crippen LogP contribution is -2.18. The molecule has 0 saturated carbocycles. The number of halogens is 1. The molecule has 2 amide bonds. The second-order valence-electron chi connectivity index (χ2n) is 15.6. The Bertz CT molecular complexity index is 2880. The summed E-state index contributed by atoms with van der Waals surface area (Å²) in [6.07, 6.45) is 9.44. The summed E-state index contributed by atoms with van der Waals surface area (Å²) in [5, 5.41) is 43.1. The van der Waals surface area contributed by atoms with Gasteiger partial charge in [-0.1, -0.05) is 25.4 Å². The van der Waals surface area contributed by atoms with Crippen molar-refractivity contribution in [3.05, 3.63) is 142 Å². The van der Waals surface area contributed by atoms with Gasteiger partial charge in [-0.25, -0.2) is 4.98 Å². The molecule has 0 aliphatic rings. The fourth-order valence-electron chi connectivity index (χ4n) is 5.98. The van der Waals surface area contributed by atoms with Crippen LogP contribution in [0.3, 0.4) is 0 Å². The van der Waals surface area contributed by atoms with E-state index in [1.807, 2.05) is 39.8 Å². The molecule has 2 N–H and O–H groups in total. The van der Waals surface area contributed by atoms with E-state index in [2.05, 4.69) is 58.7 Å². The van der Waals surface area contributed by atoms with Crippen molar-refractivity contribution in [2.75, 3.05) is 10.6 Å². The van der Waals surface area contributed by atoms with E-state index < -0.39 is 10.8 Å². The maximum atomic E-state index is 12.8. The Hall–Kier alpha value is -7.91. The molecule has 0 fully saturated rings. The zero-order valence-electron chi connectivity index (χ0n) is 35.3. The number of carbonyl (C=O) groups is 2. The quantitative estimate of drug-likeness (QED) is 0.130. The maximum absolute atomic E-state index is 12.8. The Labute approximate surface area is 365 Å². The first kappa shape index (κ1) is 45.2. The van der Waals surface area contributed by atoms with Gasteiger partial charge in [0.1, 0.15) is 17.3 Å². The Morgan fingerprint density at radius 2 is 1.05 bits per heavy atom. The molecule has 0 unspecified atom stereocenters. The van der Waals surface area contributed by atoms with Gasteiger partial charge in [-0.2, -0.15) is 21.0 Å². The molecule has 0 bridgehead atoms. The molecular formula is C47H41ClN12O2. The van der Waals surface area contributed by atoms with Crippen LogP contribution >= 0.6 is 11.6 Å². The third kappa shape index (κ3) is 10.4. The first-order valence-corrected chi connectivity index (χ1v) is 19.6. The number of aromatic nitrogens is 6. The van der Waals surface area contributed by atoms with Gasteiger partial charge >= 0.3 is 0 Å². The SMILES string of the molecule is Cc1ncc(NC(=O)c2ccnc(C(C)(C)C#N)c2)cc1-c1cnc(C(C)C)c(C#N)c1.Cc1ncc(NC(=O)c2ccnc(C(C)(C)C#N)c2)cc1-c1cnc(Cl)c(C#N)c1. The van der Waals surface area contributed by atoms with Crippen molar-refractivity contribution >= 4 is 34.8 Å². The third-order valence-electron chi connectivity index (χ3n) is 9.74. The van der Waals surface area contributed by atoms with Gasteiger partial charge in [0.05, 0.1) is 74.9 Å². The van der Waals surface area contributed by atoms with E-state index in [1.54, 1.807) is 94.9 Å². The molecule has 308 valence electrons. The number of carbonyl (C=O) groups excluding carboxylic acids is 2. The summed E-state index contributed by atoms with van der Waals surface area (Å²) in [7, 11) is 0. The summed E-state index contributed by atoms with van der Waals surface area (Å²) in [6.45, 7) is 14.7. The molecule has 6 aromatic rings. The molecule has 0 aromatic carbocycles. The van der Waals surface area contributed by atoms with Gasteiger partial charge in [0.15, 0.2) is 0 Å². The molecule has 6 heterocycles. The number of nitrogens with one attached hydrogen (secondary N) is 2. The summed E-state index contributed by atoms with van der Waals surface area (Å²) >= 11 is 5.92. The first-order valence-electron chi connectivity index (χ1n) is 19.2. The Balaban J connectivity index is 0.000000235. The van der Waals surface area contributed by atoms with Crippen LogP contribution in [0.15, 0.2) is 85.7 Å². The molecule has 6 rings (SSSR count). The van der Waals surface area contributed by atoms with Gasteiger partial charge in [0.25, 0.3) is 11.8 Å².